The van der Waals surface area contributed by atoms with Crippen molar-refractivity contribution in [3.05, 3.63) is 51.2 Å². The van der Waals surface area contributed by atoms with E-state index in [2.05, 4.69) is 0 Å². The minimum atomic E-state index is -0.360. The summed E-state index contributed by atoms with van der Waals surface area (Å²) in [7, 11) is 0. The van der Waals surface area contributed by atoms with Crippen LogP contribution in [0.15, 0.2) is 30.3 Å². The molecule has 0 bridgehead atoms. The maximum Gasteiger partial charge on any atom is 0.339 e. The van der Waals surface area contributed by atoms with Crippen LogP contribution in [0.5, 0.6) is 5.75 Å². The molecular formula is C18H18O4S. The van der Waals surface area contributed by atoms with Crippen LogP contribution in [-0.4, -0.2) is 18.5 Å². The highest BCUT2D eigenvalue weighted by atomic mass is 32.1. The van der Waals surface area contributed by atoms with E-state index in [-0.39, 0.29) is 18.4 Å². The van der Waals surface area contributed by atoms with Gasteiger partial charge in [-0.1, -0.05) is 18.2 Å². The monoisotopic (exact) mass is 330 g/mol. The SMILES string of the molecule is CCOC(=O)c1c(CC(=O)Oc2ccccc2)sc2c1CCC2. The molecule has 1 aromatic carbocycles. The molecule has 23 heavy (non-hydrogen) atoms. The minimum Gasteiger partial charge on any atom is -0.462 e. The number of para-hydroxylation sites is 1. The molecular weight excluding hydrogens is 312 g/mol. The second-order valence-corrected chi connectivity index (χ2v) is 6.53. The number of esters is 2. The van der Waals surface area contributed by atoms with Crippen LogP contribution in [0.3, 0.4) is 0 Å². The van der Waals surface area contributed by atoms with Gasteiger partial charge in [0.05, 0.1) is 18.6 Å². The summed E-state index contributed by atoms with van der Waals surface area (Å²) in [5.74, 6) is -0.171. The van der Waals surface area contributed by atoms with E-state index in [0.717, 1.165) is 29.7 Å². The minimum absolute atomic E-state index is 0.0979. The lowest BCUT2D eigenvalue weighted by Crippen LogP contribution is -2.14. The summed E-state index contributed by atoms with van der Waals surface area (Å²) >= 11 is 1.54. The molecule has 0 atom stereocenters. The van der Waals surface area contributed by atoms with Crippen LogP contribution in [0.4, 0.5) is 0 Å². The molecule has 0 radical (unpaired) electrons. The van der Waals surface area contributed by atoms with E-state index >= 15 is 0 Å². The zero-order valence-corrected chi connectivity index (χ0v) is 13.8. The normalized spacial score (nSPS) is 12.7. The summed E-state index contributed by atoms with van der Waals surface area (Å²) in [5, 5.41) is 0. The third-order valence-electron chi connectivity index (χ3n) is 3.75. The number of rotatable bonds is 5. The maximum atomic E-state index is 12.3. The number of fused-ring (bicyclic) bond motifs is 1. The number of aryl methyl sites for hydroxylation is 1. The van der Waals surface area contributed by atoms with Crippen LogP contribution in [0.2, 0.25) is 0 Å². The summed E-state index contributed by atoms with van der Waals surface area (Å²) in [5.41, 5.74) is 1.66. The number of thiophene rings is 1. The van der Waals surface area contributed by atoms with Gasteiger partial charge in [-0.05, 0) is 43.9 Å². The highest BCUT2D eigenvalue weighted by molar-refractivity contribution is 7.12. The molecule has 3 rings (SSSR count). The zero-order valence-electron chi connectivity index (χ0n) is 13.0. The third-order valence-corrected chi connectivity index (χ3v) is 5.05. The molecule has 0 spiro atoms. The Morgan fingerprint density at radius 2 is 1.96 bits per heavy atom. The smallest absolute Gasteiger partial charge is 0.339 e. The van der Waals surface area contributed by atoms with Crippen molar-refractivity contribution in [1.29, 1.82) is 0 Å². The van der Waals surface area contributed by atoms with E-state index in [4.69, 9.17) is 9.47 Å². The van der Waals surface area contributed by atoms with E-state index in [0.29, 0.717) is 17.9 Å². The van der Waals surface area contributed by atoms with Crippen molar-refractivity contribution >= 4 is 23.3 Å². The lowest BCUT2D eigenvalue weighted by atomic mass is 10.1. The second kappa shape index (κ2) is 6.96. The van der Waals surface area contributed by atoms with Crippen LogP contribution in [0, 0.1) is 0 Å². The Morgan fingerprint density at radius 1 is 1.17 bits per heavy atom. The molecule has 1 heterocycles. The van der Waals surface area contributed by atoms with Gasteiger partial charge in [-0.15, -0.1) is 11.3 Å². The Kier molecular flexibility index (Phi) is 4.76. The molecule has 0 unspecified atom stereocenters. The number of hydrogen-bond donors (Lipinski definition) is 0. The average Bonchev–Trinajstić information content (AvgIpc) is 3.08. The van der Waals surface area contributed by atoms with Gasteiger partial charge in [-0.3, -0.25) is 4.79 Å². The molecule has 0 amide bonds. The molecule has 4 nitrogen and oxygen atoms in total. The highest BCUT2D eigenvalue weighted by Crippen LogP contribution is 2.36. The first-order chi connectivity index (χ1) is 11.2. The Bertz CT molecular complexity index is 718. The Morgan fingerprint density at radius 3 is 2.70 bits per heavy atom. The molecule has 0 N–H and O–H groups in total. The highest BCUT2D eigenvalue weighted by Gasteiger charge is 2.28. The predicted octanol–water partition coefficient (Wildman–Crippen LogP) is 3.56. The largest absolute Gasteiger partial charge is 0.462 e. The van der Waals surface area contributed by atoms with Gasteiger partial charge in [0.2, 0.25) is 0 Å². The van der Waals surface area contributed by atoms with Crippen LogP contribution in [0.25, 0.3) is 0 Å². The number of benzene rings is 1. The third kappa shape index (κ3) is 3.45. The molecule has 120 valence electrons. The van der Waals surface area contributed by atoms with E-state index in [1.807, 2.05) is 18.2 Å². The number of hydrogen-bond acceptors (Lipinski definition) is 5. The lowest BCUT2D eigenvalue weighted by Gasteiger charge is -2.07. The van der Waals surface area contributed by atoms with Crippen molar-refractivity contribution in [1.82, 2.24) is 0 Å². The van der Waals surface area contributed by atoms with Crippen LogP contribution in [0.1, 0.15) is 39.0 Å². The van der Waals surface area contributed by atoms with Crippen molar-refractivity contribution < 1.29 is 19.1 Å². The van der Waals surface area contributed by atoms with Crippen LogP contribution < -0.4 is 4.74 Å². The molecule has 0 aliphatic heterocycles. The number of carbonyl (C=O) groups excluding carboxylic acids is 2. The fourth-order valence-corrected chi connectivity index (χ4v) is 4.18. The molecule has 0 saturated carbocycles. The Hall–Kier alpha value is -2.14. The topological polar surface area (TPSA) is 52.6 Å². The molecule has 1 aliphatic rings. The average molecular weight is 330 g/mol. The van der Waals surface area contributed by atoms with Gasteiger partial charge in [-0.25, -0.2) is 4.79 Å². The van der Waals surface area contributed by atoms with Gasteiger partial charge in [-0.2, -0.15) is 0 Å². The second-order valence-electron chi connectivity index (χ2n) is 5.34. The van der Waals surface area contributed by atoms with Crippen molar-refractivity contribution in [2.45, 2.75) is 32.6 Å². The van der Waals surface area contributed by atoms with Gasteiger partial charge in [0.15, 0.2) is 0 Å². The fourth-order valence-electron chi connectivity index (χ4n) is 2.81. The fraction of sp³-hybridized carbons (Fsp3) is 0.333. The van der Waals surface area contributed by atoms with Crippen molar-refractivity contribution in [2.75, 3.05) is 6.61 Å². The standard InChI is InChI=1S/C18H18O4S/c1-2-21-18(20)17-13-9-6-10-14(13)23-15(17)11-16(19)22-12-7-4-3-5-8-12/h3-5,7-8H,2,6,9-11H2,1H3. The van der Waals surface area contributed by atoms with Gasteiger partial charge in [0.1, 0.15) is 5.75 Å². The number of carbonyl (C=O) groups is 2. The van der Waals surface area contributed by atoms with Crippen molar-refractivity contribution in [3.63, 3.8) is 0 Å². The lowest BCUT2D eigenvalue weighted by molar-refractivity contribution is -0.133. The quantitative estimate of drug-likeness (QED) is 0.621. The first-order valence-electron chi connectivity index (χ1n) is 7.75. The van der Waals surface area contributed by atoms with Gasteiger partial charge < -0.3 is 9.47 Å². The Balaban J connectivity index is 1.80. The number of ether oxygens (including phenoxy) is 2. The summed E-state index contributed by atoms with van der Waals surface area (Å²) in [6.45, 7) is 2.12. The summed E-state index contributed by atoms with van der Waals surface area (Å²) in [6, 6.07) is 8.95. The van der Waals surface area contributed by atoms with E-state index in [9.17, 15) is 9.59 Å². The van der Waals surface area contributed by atoms with Crippen LogP contribution >= 0.6 is 11.3 Å². The van der Waals surface area contributed by atoms with Gasteiger partial charge in [0.25, 0.3) is 0 Å². The van der Waals surface area contributed by atoms with E-state index < -0.39 is 0 Å². The molecule has 0 fully saturated rings. The maximum absolute atomic E-state index is 12.3. The van der Waals surface area contributed by atoms with Gasteiger partial charge in [0, 0.05) is 9.75 Å². The van der Waals surface area contributed by atoms with Crippen LogP contribution in [-0.2, 0) is 28.8 Å². The Labute approximate surface area is 139 Å². The van der Waals surface area contributed by atoms with Gasteiger partial charge >= 0.3 is 11.9 Å². The molecule has 1 aliphatic carbocycles. The first kappa shape index (κ1) is 15.7. The molecule has 1 aromatic heterocycles. The molecule has 5 heteroatoms. The van der Waals surface area contributed by atoms with Crippen molar-refractivity contribution in [3.8, 4) is 5.75 Å². The summed E-state index contributed by atoms with van der Waals surface area (Å²) in [4.78, 5) is 26.4. The van der Waals surface area contributed by atoms with E-state index in [1.54, 1.807) is 30.4 Å². The first-order valence-corrected chi connectivity index (χ1v) is 8.57. The molecule has 2 aromatic rings. The predicted molar refractivity (Wildman–Crippen MR) is 88.1 cm³/mol. The molecule has 0 saturated heterocycles. The van der Waals surface area contributed by atoms with E-state index in [1.165, 1.54) is 4.88 Å². The summed E-state index contributed by atoms with van der Waals surface area (Å²) in [6.07, 6.45) is 3.01. The van der Waals surface area contributed by atoms with Crippen molar-refractivity contribution in [2.24, 2.45) is 0 Å². The summed E-state index contributed by atoms with van der Waals surface area (Å²) < 4.78 is 10.5. The zero-order chi connectivity index (χ0) is 16.2.